The van der Waals surface area contributed by atoms with Crippen LogP contribution in [0.5, 0.6) is 0 Å². The summed E-state index contributed by atoms with van der Waals surface area (Å²) in [5.74, 6) is 1.48. The van der Waals surface area contributed by atoms with Crippen LogP contribution in [0.1, 0.15) is 55.7 Å². The molecule has 0 saturated heterocycles. The van der Waals surface area contributed by atoms with Gasteiger partial charge in [-0.15, -0.1) is 10.2 Å². The molecule has 1 aromatic carbocycles. The molecule has 1 saturated carbocycles. The van der Waals surface area contributed by atoms with Crippen molar-refractivity contribution >= 4 is 29.1 Å². The number of ketones is 1. The second kappa shape index (κ2) is 7.39. The van der Waals surface area contributed by atoms with Crippen LogP contribution in [0.4, 0.5) is 5.69 Å². The first-order valence-corrected chi connectivity index (χ1v) is 9.39. The first-order valence-electron chi connectivity index (χ1n) is 8.51. The van der Waals surface area contributed by atoms with Gasteiger partial charge in [0, 0.05) is 23.7 Å². The molecule has 0 unspecified atom stereocenters. The summed E-state index contributed by atoms with van der Waals surface area (Å²) >= 11 is 1.42. The Kier molecular flexibility index (Phi) is 5.22. The topological polar surface area (TPSA) is 76.9 Å². The molecule has 2 aromatic rings. The van der Waals surface area contributed by atoms with Gasteiger partial charge in [-0.25, -0.2) is 0 Å². The van der Waals surface area contributed by atoms with E-state index in [1.165, 1.54) is 31.5 Å². The summed E-state index contributed by atoms with van der Waals surface area (Å²) in [6.07, 6.45) is 2.35. The minimum Gasteiger partial charge on any atom is -0.325 e. The number of Topliss-reactive ketones (excluding diaryl/α,β-unsaturated/α-hetero) is 1. The molecule has 25 heavy (non-hydrogen) atoms. The van der Waals surface area contributed by atoms with E-state index in [0.29, 0.717) is 17.2 Å². The van der Waals surface area contributed by atoms with Crippen LogP contribution in [0.25, 0.3) is 0 Å². The van der Waals surface area contributed by atoms with Crippen LogP contribution >= 0.6 is 11.8 Å². The Bertz CT molecular complexity index is 781. The molecular weight excluding hydrogens is 336 g/mol. The van der Waals surface area contributed by atoms with Crippen molar-refractivity contribution in [3.05, 3.63) is 35.7 Å². The number of nitrogens with one attached hydrogen (secondary N) is 1. The van der Waals surface area contributed by atoms with Crippen LogP contribution < -0.4 is 5.32 Å². The maximum Gasteiger partial charge on any atom is 0.237 e. The van der Waals surface area contributed by atoms with E-state index in [1.54, 1.807) is 24.3 Å². The Morgan fingerprint density at radius 3 is 2.52 bits per heavy atom. The summed E-state index contributed by atoms with van der Waals surface area (Å²) in [7, 11) is 0. The zero-order chi connectivity index (χ0) is 18.0. The molecule has 6 nitrogen and oxygen atoms in total. The van der Waals surface area contributed by atoms with E-state index in [-0.39, 0.29) is 16.9 Å². The molecule has 1 aromatic heterocycles. The summed E-state index contributed by atoms with van der Waals surface area (Å²) in [6.45, 7) is 6.25. The molecule has 0 aliphatic heterocycles. The van der Waals surface area contributed by atoms with Crippen LogP contribution in [0.15, 0.2) is 29.4 Å². The molecule has 0 bridgehead atoms. The Morgan fingerprint density at radius 1 is 1.28 bits per heavy atom. The Hall–Kier alpha value is -2.15. The number of rotatable bonds is 7. The van der Waals surface area contributed by atoms with Crippen molar-refractivity contribution in [2.45, 2.75) is 56.5 Å². The van der Waals surface area contributed by atoms with Crippen LogP contribution in [0.3, 0.4) is 0 Å². The minimum absolute atomic E-state index is 0.00664. The van der Waals surface area contributed by atoms with Crippen molar-refractivity contribution in [3.63, 3.8) is 0 Å². The van der Waals surface area contributed by atoms with Gasteiger partial charge in [0.15, 0.2) is 10.9 Å². The minimum atomic E-state index is -0.297. The van der Waals surface area contributed by atoms with Crippen molar-refractivity contribution in [1.82, 2.24) is 14.8 Å². The van der Waals surface area contributed by atoms with Crippen molar-refractivity contribution in [2.75, 3.05) is 5.32 Å². The highest BCUT2D eigenvalue weighted by Gasteiger charge is 2.30. The van der Waals surface area contributed by atoms with Gasteiger partial charge in [0.2, 0.25) is 5.91 Å². The molecule has 3 rings (SSSR count). The van der Waals surface area contributed by atoms with Gasteiger partial charge >= 0.3 is 0 Å². The summed E-state index contributed by atoms with van der Waals surface area (Å²) in [5.41, 5.74) is 1.31. The standard InChI is InChI=1S/C18H22N4O2S/c1-4-22-16(14-5-6-14)20-21-18(22)25-12(3)17(24)19-15-9-7-13(8-10-15)11(2)23/h7-10,12,14H,4-6H2,1-3H3,(H,19,24)/t12-/m0/s1. The van der Waals surface area contributed by atoms with Gasteiger partial charge in [0.1, 0.15) is 5.82 Å². The van der Waals surface area contributed by atoms with Crippen LogP contribution in [0, 0.1) is 0 Å². The number of hydrogen-bond acceptors (Lipinski definition) is 5. The van der Waals surface area contributed by atoms with E-state index in [0.717, 1.165) is 17.5 Å². The van der Waals surface area contributed by atoms with Gasteiger partial charge in [-0.3, -0.25) is 9.59 Å². The van der Waals surface area contributed by atoms with Gasteiger partial charge in [0.05, 0.1) is 5.25 Å². The average molecular weight is 358 g/mol. The van der Waals surface area contributed by atoms with Gasteiger partial charge in [0.25, 0.3) is 0 Å². The highest BCUT2D eigenvalue weighted by Crippen LogP contribution is 2.40. The summed E-state index contributed by atoms with van der Waals surface area (Å²) < 4.78 is 2.10. The van der Waals surface area contributed by atoms with E-state index in [1.807, 2.05) is 6.92 Å². The smallest absolute Gasteiger partial charge is 0.237 e. The first kappa shape index (κ1) is 17.7. The molecule has 0 radical (unpaired) electrons. The zero-order valence-corrected chi connectivity index (χ0v) is 15.5. The van der Waals surface area contributed by atoms with Gasteiger partial charge in [-0.05, 0) is 57.9 Å². The van der Waals surface area contributed by atoms with Crippen LogP contribution in [0.2, 0.25) is 0 Å². The summed E-state index contributed by atoms with van der Waals surface area (Å²) in [4.78, 5) is 23.7. The second-order valence-electron chi connectivity index (χ2n) is 6.24. The number of thioether (sulfide) groups is 1. The van der Waals surface area contributed by atoms with Crippen LogP contribution in [-0.2, 0) is 11.3 Å². The normalized spacial score (nSPS) is 15.0. The monoisotopic (exact) mass is 358 g/mol. The summed E-state index contributed by atoms with van der Waals surface area (Å²) in [5, 5.41) is 11.9. The number of carbonyl (C=O) groups is 2. The fraction of sp³-hybridized carbons (Fsp3) is 0.444. The average Bonchev–Trinajstić information content (AvgIpc) is 3.36. The zero-order valence-electron chi connectivity index (χ0n) is 14.7. The molecule has 1 heterocycles. The predicted molar refractivity (Wildman–Crippen MR) is 98.1 cm³/mol. The van der Waals surface area contributed by atoms with Crippen molar-refractivity contribution in [1.29, 1.82) is 0 Å². The predicted octanol–water partition coefficient (Wildman–Crippen LogP) is 3.50. The highest BCUT2D eigenvalue weighted by molar-refractivity contribution is 8.00. The Balaban J connectivity index is 1.63. The molecule has 1 atom stereocenters. The summed E-state index contributed by atoms with van der Waals surface area (Å²) in [6, 6.07) is 6.91. The first-order chi connectivity index (χ1) is 12.0. The lowest BCUT2D eigenvalue weighted by Gasteiger charge is -2.13. The SMILES string of the molecule is CCn1c(S[C@@H](C)C(=O)Nc2ccc(C(C)=O)cc2)nnc1C1CC1. The second-order valence-corrected chi connectivity index (χ2v) is 7.55. The molecule has 1 amide bonds. The van der Waals surface area contributed by atoms with E-state index >= 15 is 0 Å². The fourth-order valence-electron chi connectivity index (χ4n) is 2.57. The number of nitrogens with zero attached hydrogens (tertiary/aromatic N) is 3. The highest BCUT2D eigenvalue weighted by atomic mass is 32.2. The quantitative estimate of drug-likeness (QED) is 0.605. The largest absolute Gasteiger partial charge is 0.325 e. The Morgan fingerprint density at radius 2 is 1.96 bits per heavy atom. The van der Waals surface area contributed by atoms with E-state index in [2.05, 4.69) is 27.0 Å². The molecule has 1 aliphatic rings. The molecule has 132 valence electrons. The molecule has 1 N–H and O–H groups in total. The third kappa shape index (κ3) is 4.10. The molecule has 1 aliphatic carbocycles. The van der Waals surface area contributed by atoms with Gasteiger partial charge < -0.3 is 9.88 Å². The molecule has 7 heteroatoms. The maximum absolute atomic E-state index is 12.4. The van der Waals surface area contributed by atoms with Crippen molar-refractivity contribution in [3.8, 4) is 0 Å². The molecular formula is C18H22N4O2S. The van der Waals surface area contributed by atoms with Crippen molar-refractivity contribution < 1.29 is 9.59 Å². The number of hydrogen-bond donors (Lipinski definition) is 1. The van der Waals surface area contributed by atoms with Gasteiger partial charge in [-0.2, -0.15) is 0 Å². The van der Waals surface area contributed by atoms with E-state index in [9.17, 15) is 9.59 Å². The van der Waals surface area contributed by atoms with E-state index in [4.69, 9.17) is 0 Å². The number of anilines is 1. The number of amides is 1. The lowest BCUT2D eigenvalue weighted by Crippen LogP contribution is -2.23. The lowest BCUT2D eigenvalue weighted by molar-refractivity contribution is -0.115. The molecule has 0 spiro atoms. The van der Waals surface area contributed by atoms with Crippen LogP contribution in [-0.4, -0.2) is 31.7 Å². The number of benzene rings is 1. The fourth-order valence-corrected chi connectivity index (χ4v) is 3.49. The number of aromatic nitrogens is 3. The lowest BCUT2D eigenvalue weighted by atomic mass is 10.1. The third-order valence-electron chi connectivity index (χ3n) is 4.21. The van der Waals surface area contributed by atoms with Crippen molar-refractivity contribution in [2.24, 2.45) is 0 Å². The Labute approximate surface area is 151 Å². The van der Waals surface area contributed by atoms with Gasteiger partial charge in [-0.1, -0.05) is 11.8 Å². The molecule has 1 fully saturated rings. The van der Waals surface area contributed by atoms with E-state index < -0.39 is 0 Å². The maximum atomic E-state index is 12.4. The third-order valence-corrected chi connectivity index (χ3v) is 5.30. The number of carbonyl (C=O) groups excluding carboxylic acids is 2.